The summed E-state index contributed by atoms with van der Waals surface area (Å²) in [6, 6.07) is 17.2. The summed E-state index contributed by atoms with van der Waals surface area (Å²) in [5.41, 5.74) is 2.66. The molecule has 126 valence electrons. The molecule has 4 heteroatoms. The molecule has 2 aromatic carbocycles. The molecule has 0 aliphatic carbocycles. The number of carbonyl (C=O) groups is 2. The summed E-state index contributed by atoms with van der Waals surface area (Å²) in [5, 5.41) is 9.27. The molecule has 1 unspecified atom stereocenters. The topological polar surface area (TPSA) is 63.6 Å². The highest BCUT2D eigenvalue weighted by Crippen LogP contribution is 2.21. The molecule has 0 bridgehead atoms. The van der Waals surface area contributed by atoms with Crippen LogP contribution in [0.1, 0.15) is 29.6 Å². The van der Waals surface area contributed by atoms with Gasteiger partial charge in [0, 0.05) is 25.7 Å². The number of Topliss-reactive ketones (excluding diaryl/α,β-unsaturated/α-hetero) is 1. The first kappa shape index (κ1) is 17.9. The third kappa shape index (κ3) is 5.03. The fraction of sp³-hybridized carbons (Fsp3) is 0.300. The Bertz CT molecular complexity index is 662. The van der Waals surface area contributed by atoms with Crippen LogP contribution in [0.4, 0.5) is 0 Å². The highest BCUT2D eigenvalue weighted by atomic mass is 16.5. The van der Waals surface area contributed by atoms with Gasteiger partial charge in [0.1, 0.15) is 0 Å². The lowest BCUT2D eigenvalue weighted by Crippen LogP contribution is -2.18. The average Bonchev–Trinajstić information content (AvgIpc) is 2.61. The Balaban J connectivity index is 2.02. The van der Waals surface area contributed by atoms with Crippen LogP contribution in [0.25, 0.3) is 11.1 Å². The fourth-order valence-corrected chi connectivity index (χ4v) is 2.61. The lowest BCUT2D eigenvalue weighted by atomic mass is 9.93. The number of carboxylic acids is 1. The molecule has 0 aromatic heterocycles. The van der Waals surface area contributed by atoms with Gasteiger partial charge in [-0.1, -0.05) is 54.6 Å². The maximum absolute atomic E-state index is 12.3. The smallest absolute Gasteiger partial charge is 0.306 e. The largest absolute Gasteiger partial charge is 0.481 e. The molecule has 0 radical (unpaired) electrons. The SMILES string of the molecule is COCCCC(CC(=O)c1ccc(-c2ccccc2)cc1)C(=O)O. The molecule has 4 nitrogen and oxygen atoms in total. The van der Waals surface area contributed by atoms with Crippen LogP contribution in [0, 0.1) is 5.92 Å². The van der Waals surface area contributed by atoms with Gasteiger partial charge < -0.3 is 9.84 Å². The van der Waals surface area contributed by atoms with Crippen molar-refractivity contribution in [2.24, 2.45) is 5.92 Å². The lowest BCUT2D eigenvalue weighted by Gasteiger charge is -2.11. The first-order chi connectivity index (χ1) is 11.6. The summed E-state index contributed by atoms with van der Waals surface area (Å²) in [6.07, 6.45) is 1.09. The first-order valence-corrected chi connectivity index (χ1v) is 8.02. The number of hydrogen-bond donors (Lipinski definition) is 1. The minimum Gasteiger partial charge on any atom is -0.481 e. The molecule has 24 heavy (non-hydrogen) atoms. The van der Waals surface area contributed by atoms with Crippen LogP contribution >= 0.6 is 0 Å². The van der Waals surface area contributed by atoms with E-state index in [1.165, 1.54) is 0 Å². The Morgan fingerprint density at radius 1 is 1.00 bits per heavy atom. The van der Waals surface area contributed by atoms with E-state index in [1.54, 1.807) is 19.2 Å². The molecule has 0 heterocycles. The molecule has 2 rings (SSSR count). The van der Waals surface area contributed by atoms with Crippen molar-refractivity contribution in [3.8, 4) is 11.1 Å². The van der Waals surface area contributed by atoms with E-state index in [0.29, 0.717) is 25.0 Å². The Morgan fingerprint density at radius 3 is 2.21 bits per heavy atom. The monoisotopic (exact) mass is 326 g/mol. The third-order valence-corrected chi connectivity index (χ3v) is 4.00. The number of ether oxygens (including phenoxy) is 1. The quantitative estimate of drug-likeness (QED) is 0.558. The van der Waals surface area contributed by atoms with Crippen molar-refractivity contribution in [3.63, 3.8) is 0 Å². The minimum absolute atomic E-state index is 0.0176. The summed E-state index contributed by atoms with van der Waals surface area (Å²) in [7, 11) is 1.58. The number of methoxy groups -OCH3 is 1. The van der Waals surface area contributed by atoms with Gasteiger partial charge in [-0.15, -0.1) is 0 Å². The maximum Gasteiger partial charge on any atom is 0.306 e. The zero-order valence-corrected chi connectivity index (χ0v) is 13.8. The summed E-state index contributed by atoms with van der Waals surface area (Å²) in [6.45, 7) is 0.504. The van der Waals surface area contributed by atoms with Gasteiger partial charge >= 0.3 is 5.97 Å². The Morgan fingerprint density at radius 2 is 1.62 bits per heavy atom. The molecule has 0 fully saturated rings. The van der Waals surface area contributed by atoms with Crippen molar-refractivity contribution in [2.45, 2.75) is 19.3 Å². The zero-order valence-electron chi connectivity index (χ0n) is 13.8. The van der Waals surface area contributed by atoms with Crippen LogP contribution < -0.4 is 0 Å². The van der Waals surface area contributed by atoms with E-state index < -0.39 is 11.9 Å². The maximum atomic E-state index is 12.3. The van der Waals surface area contributed by atoms with Crippen molar-refractivity contribution in [1.29, 1.82) is 0 Å². The van der Waals surface area contributed by atoms with Gasteiger partial charge in [0.25, 0.3) is 0 Å². The standard InChI is InChI=1S/C20H22O4/c1-24-13-5-8-18(20(22)23)14-19(21)17-11-9-16(10-12-17)15-6-3-2-4-7-15/h2-4,6-7,9-12,18H,5,8,13-14H2,1H3,(H,22,23). The van der Waals surface area contributed by atoms with Crippen molar-refractivity contribution in [2.75, 3.05) is 13.7 Å². The summed E-state index contributed by atoms with van der Waals surface area (Å²) in [4.78, 5) is 23.7. The van der Waals surface area contributed by atoms with Crippen LogP contribution in [-0.4, -0.2) is 30.6 Å². The van der Waals surface area contributed by atoms with Crippen LogP contribution in [0.3, 0.4) is 0 Å². The van der Waals surface area contributed by atoms with Crippen molar-refractivity contribution in [3.05, 3.63) is 60.2 Å². The normalized spacial score (nSPS) is 11.9. The van der Waals surface area contributed by atoms with Gasteiger partial charge in [-0.2, -0.15) is 0 Å². The van der Waals surface area contributed by atoms with Crippen LogP contribution in [0.2, 0.25) is 0 Å². The molecule has 0 aliphatic rings. The van der Waals surface area contributed by atoms with Gasteiger partial charge in [0.2, 0.25) is 0 Å². The van der Waals surface area contributed by atoms with Gasteiger partial charge in [-0.05, 0) is 24.0 Å². The number of ketones is 1. The summed E-state index contributed by atoms with van der Waals surface area (Å²) >= 11 is 0. The number of benzene rings is 2. The number of hydrogen-bond acceptors (Lipinski definition) is 3. The number of rotatable bonds is 9. The van der Waals surface area contributed by atoms with Crippen LogP contribution in [0.5, 0.6) is 0 Å². The Labute approximate surface area is 142 Å². The lowest BCUT2D eigenvalue weighted by molar-refractivity contribution is -0.142. The average molecular weight is 326 g/mol. The molecular weight excluding hydrogens is 304 g/mol. The van der Waals surface area contributed by atoms with E-state index in [2.05, 4.69) is 0 Å². The van der Waals surface area contributed by atoms with Gasteiger partial charge in [0.05, 0.1) is 5.92 Å². The van der Waals surface area contributed by atoms with E-state index in [9.17, 15) is 14.7 Å². The molecule has 0 aliphatic heterocycles. The number of aliphatic carboxylic acids is 1. The predicted octanol–water partition coefficient (Wildman–Crippen LogP) is 4.05. The number of carboxylic acid groups (broad SMARTS) is 1. The van der Waals surface area contributed by atoms with Gasteiger partial charge in [-0.25, -0.2) is 0 Å². The molecule has 0 amide bonds. The van der Waals surface area contributed by atoms with Crippen LogP contribution in [-0.2, 0) is 9.53 Å². The number of carbonyl (C=O) groups excluding carboxylic acids is 1. The fourth-order valence-electron chi connectivity index (χ4n) is 2.61. The highest BCUT2D eigenvalue weighted by molar-refractivity contribution is 5.98. The van der Waals surface area contributed by atoms with Crippen molar-refractivity contribution < 1.29 is 19.4 Å². The van der Waals surface area contributed by atoms with E-state index in [4.69, 9.17) is 4.74 Å². The molecule has 0 spiro atoms. The van der Waals surface area contributed by atoms with Gasteiger partial charge in [-0.3, -0.25) is 9.59 Å². The Hall–Kier alpha value is -2.46. The molecule has 0 saturated carbocycles. The second kappa shape index (κ2) is 8.99. The van der Waals surface area contributed by atoms with E-state index in [1.807, 2.05) is 42.5 Å². The molecule has 0 saturated heterocycles. The van der Waals surface area contributed by atoms with E-state index in [0.717, 1.165) is 11.1 Å². The van der Waals surface area contributed by atoms with E-state index >= 15 is 0 Å². The van der Waals surface area contributed by atoms with Crippen LogP contribution in [0.15, 0.2) is 54.6 Å². The molecule has 2 aromatic rings. The summed E-state index contributed by atoms with van der Waals surface area (Å²) in [5.74, 6) is -1.73. The zero-order chi connectivity index (χ0) is 17.4. The van der Waals surface area contributed by atoms with Crippen molar-refractivity contribution in [1.82, 2.24) is 0 Å². The molecule has 1 atom stereocenters. The predicted molar refractivity (Wildman–Crippen MR) is 93.1 cm³/mol. The molecular formula is C20H22O4. The highest BCUT2D eigenvalue weighted by Gasteiger charge is 2.21. The molecule has 1 N–H and O–H groups in total. The Kier molecular flexibility index (Phi) is 6.70. The second-order valence-electron chi connectivity index (χ2n) is 5.74. The minimum atomic E-state index is -0.930. The van der Waals surface area contributed by atoms with E-state index in [-0.39, 0.29) is 12.2 Å². The van der Waals surface area contributed by atoms with Gasteiger partial charge in [0.15, 0.2) is 5.78 Å². The third-order valence-electron chi connectivity index (χ3n) is 4.00. The summed E-state index contributed by atoms with van der Waals surface area (Å²) < 4.78 is 4.94. The second-order valence-corrected chi connectivity index (χ2v) is 5.74. The first-order valence-electron chi connectivity index (χ1n) is 8.02. The van der Waals surface area contributed by atoms with Crippen molar-refractivity contribution >= 4 is 11.8 Å².